The van der Waals surface area contributed by atoms with E-state index < -0.39 is 5.97 Å². The first kappa shape index (κ1) is 18.2. The van der Waals surface area contributed by atoms with Crippen LogP contribution in [0.3, 0.4) is 0 Å². The van der Waals surface area contributed by atoms with Crippen molar-refractivity contribution < 1.29 is 19.4 Å². The zero-order chi connectivity index (χ0) is 19.2. The predicted molar refractivity (Wildman–Crippen MR) is 96.4 cm³/mol. The molecule has 2 amide bonds. The Balaban J connectivity index is 1.55. The maximum Gasteiger partial charge on any atom is 0.321 e. The zero-order valence-corrected chi connectivity index (χ0v) is 14.5. The Labute approximate surface area is 156 Å². The second kappa shape index (κ2) is 8.19. The molecular formula is C19H18N4O4. The van der Waals surface area contributed by atoms with Gasteiger partial charge in [0.1, 0.15) is 23.3 Å². The molecule has 0 radical (unpaired) electrons. The highest BCUT2D eigenvalue weighted by Gasteiger charge is 2.26. The largest absolute Gasteiger partial charge is 0.481 e. The molecule has 8 heteroatoms. The van der Waals surface area contributed by atoms with Crippen LogP contribution < -0.4 is 10.1 Å². The van der Waals surface area contributed by atoms with Crippen LogP contribution in [0.15, 0.2) is 42.6 Å². The molecule has 8 nitrogen and oxygen atoms in total. The van der Waals surface area contributed by atoms with Gasteiger partial charge in [-0.15, -0.1) is 0 Å². The van der Waals surface area contributed by atoms with Crippen LogP contribution >= 0.6 is 0 Å². The number of nitrogens with zero attached hydrogens (tertiary/aromatic N) is 3. The van der Waals surface area contributed by atoms with Crippen LogP contribution in [-0.4, -0.2) is 40.1 Å². The van der Waals surface area contributed by atoms with E-state index in [1.807, 2.05) is 6.07 Å². The molecule has 1 aromatic heterocycles. The number of nitriles is 1. The van der Waals surface area contributed by atoms with Crippen molar-refractivity contribution in [2.75, 3.05) is 18.4 Å². The number of piperidine rings is 1. The van der Waals surface area contributed by atoms with E-state index in [0.717, 1.165) is 0 Å². The van der Waals surface area contributed by atoms with Gasteiger partial charge in [0.25, 0.3) is 0 Å². The van der Waals surface area contributed by atoms with Crippen molar-refractivity contribution in [2.45, 2.75) is 12.8 Å². The second-order valence-corrected chi connectivity index (χ2v) is 6.14. The van der Waals surface area contributed by atoms with E-state index in [0.29, 0.717) is 43.1 Å². The minimum absolute atomic E-state index is 0.250. The molecule has 0 spiro atoms. The molecular weight excluding hydrogens is 348 g/mol. The van der Waals surface area contributed by atoms with E-state index >= 15 is 0 Å². The van der Waals surface area contributed by atoms with Gasteiger partial charge in [-0.1, -0.05) is 0 Å². The van der Waals surface area contributed by atoms with Gasteiger partial charge in [0.2, 0.25) is 0 Å². The van der Waals surface area contributed by atoms with E-state index in [-0.39, 0.29) is 17.6 Å². The van der Waals surface area contributed by atoms with Crippen LogP contribution in [0.2, 0.25) is 0 Å². The Bertz CT molecular complexity index is 868. The van der Waals surface area contributed by atoms with Gasteiger partial charge in [-0.25, -0.2) is 9.78 Å². The van der Waals surface area contributed by atoms with Gasteiger partial charge in [-0.3, -0.25) is 4.79 Å². The lowest BCUT2D eigenvalue weighted by atomic mass is 9.97. The van der Waals surface area contributed by atoms with Crippen molar-refractivity contribution in [3.63, 3.8) is 0 Å². The summed E-state index contributed by atoms with van der Waals surface area (Å²) in [5.74, 6) is -0.119. The van der Waals surface area contributed by atoms with Crippen LogP contribution in [-0.2, 0) is 4.79 Å². The third kappa shape index (κ3) is 4.73. The van der Waals surface area contributed by atoms with Crippen LogP contribution in [0, 0.1) is 17.2 Å². The van der Waals surface area contributed by atoms with Gasteiger partial charge in [0, 0.05) is 31.0 Å². The number of rotatable bonds is 4. The summed E-state index contributed by atoms with van der Waals surface area (Å²) in [6.45, 7) is 0.848. The minimum Gasteiger partial charge on any atom is -0.481 e. The van der Waals surface area contributed by atoms with E-state index in [2.05, 4.69) is 10.3 Å². The Morgan fingerprint density at radius 3 is 2.52 bits per heavy atom. The Kier molecular flexibility index (Phi) is 5.52. The monoisotopic (exact) mass is 366 g/mol. The lowest BCUT2D eigenvalue weighted by molar-refractivity contribution is -0.143. The molecule has 0 aliphatic carbocycles. The SMILES string of the molecule is N#Cc1cc(Oc2ccc(NC(=O)N3CCC(C(=O)O)CC3)cc2)ccn1. The number of ether oxygens (including phenoxy) is 1. The van der Waals surface area contributed by atoms with Crippen molar-refractivity contribution in [3.05, 3.63) is 48.3 Å². The number of carboxylic acids is 1. The number of likely N-dealkylation sites (tertiary alicyclic amines) is 1. The fraction of sp³-hybridized carbons (Fsp3) is 0.263. The van der Waals surface area contributed by atoms with Gasteiger partial charge < -0.3 is 20.1 Å². The summed E-state index contributed by atoms with van der Waals surface area (Å²) < 4.78 is 5.66. The van der Waals surface area contributed by atoms with Crippen LogP contribution in [0.5, 0.6) is 11.5 Å². The molecule has 1 aliphatic heterocycles. The fourth-order valence-electron chi connectivity index (χ4n) is 2.81. The fourth-order valence-corrected chi connectivity index (χ4v) is 2.81. The number of benzene rings is 1. The average Bonchev–Trinajstić information content (AvgIpc) is 2.69. The number of hydrogen-bond donors (Lipinski definition) is 2. The number of carboxylic acid groups (broad SMARTS) is 1. The zero-order valence-electron chi connectivity index (χ0n) is 14.5. The highest BCUT2D eigenvalue weighted by atomic mass is 16.5. The van der Waals surface area contributed by atoms with Crippen molar-refractivity contribution in [1.29, 1.82) is 5.26 Å². The van der Waals surface area contributed by atoms with Crippen molar-refractivity contribution >= 4 is 17.7 Å². The highest BCUT2D eigenvalue weighted by Crippen LogP contribution is 2.24. The summed E-state index contributed by atoms with van der Waals surface area (Å²) in [6, 6.07) is 11.7. The van der Waals surface area contributed by atoms with Crippen molar-refractivity contribution in [3.8, 4) is 17.6 Å². The number of carbonyl (C=O) groups is 2. The molecule has 0 unspecified atom stereocenters. The lowest BCUT2D eigenvalue weighted by Gasteiger charge is -2.30. The number of carbonyl (C=O) groups excluding carboxylic acids is 1. The molecule has 0 atom stereocenters. The Morgan fingerprint density at radius 2 is 1.89 bits per heavy atom. The topological polar surface area (TPSA) is 116 Å². The van der Waals surface area contributed by atoms with Gasteiger partial charge >= 0.3 is 12.0 Å². The molecule has 27 heavy (non-hydrogen) atoms. The van der Waals surface area contributed by atoms with E-state index in [9.17, 15) is 9.59 Å². The number of nitrogens with one attached hydrogen (secondary N) is 1. The lowest BCUT2D eigenvalue weighted by Crippen LogP contribution is -2.42. The maximum absolute atomic E-state index is 12.3. The molecule has 1 fully saturated rings. The molecule has 0 saturated carbocycles. The third-order valence-corrected chi connectivity index (χ3v) is 4.32. The highest BCUT2D eigenvalue weighted by molar-refractivity contribution is 5.89. The summed E-state index contributed by atoms with van der Waals surface area (Å²) in [7, 11) is 0. The summed E-state index contributed by atoms with van der Waals surface area (Å²) in [5, 5.41) is 20.7. The third-order valence-electron chi connectivity index (χ3n) is 4.32. The molecule has 2 N–H and O–H groups in total. The molecule has 0 bridgehead atoms. The molecule has 2 aromatic rings. The number of urea groups is 1. The van der Waals surface area contributed by atoms with Crippen molar-refractivity contribution in [2.24, 2.45) is 5.92 Å². The van der Waals surface area contributed by atoms with Crippen molar-refractivity contribution in [1.82, 2.24) is 9.88 Å². The van der Waals surface area contributed by atoms with Gasteiger partial charge in [0.15, 0.2) is 0 Å². The smallest absolute Gasteiger partial charge is 0.321 e. The quantitative estimate of drug-likeness (QED) is 0.859. The summed E-state index contributed by atoms with van der Waals surface area (Å²) in [4.78, 5) is 28.8. The number of aliphatic carboxylic acids is 1. The minimum atomic E-state index is -0.804. The summed E-state index contributed by atoms with van der Waals surface area (Å²) in [6.07, 6.45) is 2.42. The van der Waals surface area contributed by atoms with E-state index in [1.54, 1.807) is 35.2 Å². The van der Waals surface area contributed by atoms with Gasteiger partial charge in [-0.05, 0) is 43.2 Å². The first-order chi connectivity index (χ1) is 13.0. The molecule has 1 saturated heterocycles. The van der Waals surface area contributed by atoms with E-state index in [1.165, 1.54) is 12.3 Å². The standard InChI is InChI=1S/C19H18N4O4/c20-12-15-11-17(5-8-21-15)27-16-3-1-14(2-4-16)22-19(26)23-9-6-13(7-10-23)18(24)25/h1-5,8,11,13H,6-7,9-10H2,(H,22,26)(H,24,25). The number of aromatic nitrogens is 1. The number of amides is 2. The van der Waals surface area contributed by atoms with E-state index in [4.69, 9.17) is 15.1 Å². The molecule has 138 valence electrons. The first-order valence-electron chi connectivity index (χ1n) is 8.48. The number of anilines is 1. The second-order valence-electron chi connectivity index (χ2n) is 6.14. The molecule has 1 aliphatic rings. The predicted octanol–water partition coefficient (Wildman–Crippen LogP) is 3.07. The summed E-state index contributed by atoms with van der Waals surface area (Å²) >= 11 is 0. The first-order valence-corrected chi connectivity index (χ1v) is 8.48. The normalized spacial score (nSPS) is 14.3. The number of hydrogen-bond acceptors (Lipinski definition) is 5. The summed E-state index contributed by atoms with van der Waals surface area (Å²) in [5.41, 5.74) is 0.878. The molecule has 3 rings (SSSR count). The van der Waals surface area contributed by atoms with Crippen LogP contribution in [0.1, 0.15) is 18.5 Å². The van der Waals surface area contributed by atoms with Gasteiger partial charge in [-0.2, -0.15) is 5.26 Å². The average molecular weight is 366 g/mol. The van der Waals surface area contributed by atoms with Crippen LogP contribution in [0.4, 0.5) is 10.5 Å². The number of pyridine rings is 1. The van der Waals surface area contributed by atoms with Gasteiger partial charge in [0.05, 0.1) is 5.92 Å². The van der Waals surface area contributed by atoms with Crippen LogP contribution in [0.25, 0.3) is 0 Å². The Morgan fingerprint density at radius 1 is 1.19 bits per heavy atom. The Hall–Kier alpha value is -3.60. The molecule has 1 aromatic carbocycles. The maximum atomic E-state index is 12.3. The molecule has 2 heterocycles.